The maximum absolute atomic E-state index is 12.4. The van der Waals surface area contributed by atoms with Crippen molar-refractivity contribution in [3.63, 3.8) is 0 Å². The molecule has 128 valence electrons. The van der Waals surface area contributed by atoms with Crippen molar-refractivity contribution < 1.29 is 19.1 Å². The first kappa shape index (κ1) is 15.3. The smallest absolute Gasteiger partial charge is 0.267 e. The van der Waals surface area contributed by atoms with Crippen LogP contribution in [0.1, 0.15) is 6.92 Å². The fraction of sp³-hybridized carbons (Fsp3) is 0.235. The van der Waals surface area contributed by atoms with Gasteiger partial charge in [0, 0.05) is 11.8 Å². The third-order valence-electron chi connectivity index (χ3n) is 3.76. The van der Waals surface area contributed by atoms with Crippen LogP contribution in [0.15, 0.2) is 42.5 Å². The third kappa shape index (κ3) is 3.06. The molecule has 25 heavy (non-hydrogen) atoms. The standard InChI is InChI=1S/C17H16N4O4/c1-11(25-21-14-5-3-2-4-13(14)19-20-21)17(22)18-12-6-7-15-16(10-12)24-9-8-23-15/h2-7,10-11H,8-9H2,1H3,(H,18,22)/t11-/m1/s1. The number of para-hydroxylation sites is 1. The van der Waals surface area contributed by atoms with Gasteiger partial charge in [-0.25, -0.2) is 0 Å². The van der Waals surface area contributed by atoms with E-state index < -0.39 is 6.10 Å². The van der Waals surface area contributed by atoms with Crippen molar-refractivity contribution in [3.8, 4) is 11.5 Å². The summed E-state index contributed by atoms with van der Waals surface area (Å²) in [6, 6.07) is 12.6. The molecule has 8 heteroatoms. The van der Waals surface area contributed by atoms with E-state index in [1.54, 1.807) is 25.1 Å². The average molecular weight is 340 g/mol. The minimum Gasteiger partial charge on any atom is -0.486 e. The Bertz CT molecular complexity index is 924. The second kappa shape index (κ2) is 6.31. The highest BCUT2D eigenvalue weighted by Crippen LogP contribution is 2.32. The molecular formula is C17H16N4O4. The molecule has 8 nitrogen and oxygen atoms in total. The Balaban J connectivity index is 1.45. The van der Waals surface area contributed by atoms with E-state index in [9.17, 15) is 4.79 Å². The van der Waals surface area contributed by atoms with Gasteiger partial charge >= 0.3 is 0 Å². The first-order valence-electron chi connectivity index (χ1n) is 7.89. The molecule has 1 amide bonds. The number of nitrogens with one attached hydrogen (secondary N) is 1. The number of hydrogen-bond acceptors (Lipinski definition) is 6. The van der Waals surface area contributed by atoms with Crippen LogP contribution >= 0.6 is 0 Å². The summed E-state index contributed by atoms with van der Waals surface area (Å²) in [5.74, 6) is 0.971. The lowest BCUT2D eigenvalue weighted by atomic mass is 10.2. The highest BCUT2D eigenvalue weighted by Gasteiger charge is 2.19. The largest absolute Gasteiger partial charge is 0.486 e. The van der Waals surface area contributed by atoms with Crippen LogP contribution in [0.2, 0.25) is 0 Å². The van der Waals surface area contributed by atoms with Crippen LogP contribution in [0.5, 0.6) is 11.5 Å². The molecule has 0 fully saturated rings. The van der Waals surface area contributed by atoms with E-state index in [1.165, 1.54) is 4.85 Å². The van der Waals surface area contributed by atoms with Crippen molar-refractivity contribution in [1.29, 1.82) is 0 Å². The number of fused-ring (bicyclic) bond motifs is 2. The molecule has 4 rings (SSSR count). The van der Waals surface area contributed by atoms with Crippen molar-refractivity contribution in [2.75, 3.05) is 18.5 Å². The maximum Gasteiger partial charge on any atom is 0.267 e. The number of rotatable bonds is 4. The molecule has 1 aliphatic rings. The molecule has 0 spiro atoms. The lowest BCUT2D eigenvalue weighted by Crippen LogP contribution is -2.35. The fourth-order valence-corrected chi connectivity index (χ4v) is 2.49. The average Bonchev–Trinajstić information content (AvgIpc) is 3.04. The second-order valence-electron chi connectivity index (χ2n) is 5.55. The van der Waals surface area contributed by atoms with Crippen LogP contribution in [0.4, 0.5) is 5.69 Å². The zero-order chi connectivity index (χ0) is 17.2. The van der Waals surface area contributed by atoms with Gasteiger partial charge in [0.2, 0.25) is 6.10 Å². The predicted octanol–water partition coefficient (Wildman–Crippen LogP) is 1.66. The van der Waals surface area contributed by atoms with Gasteiger partial charge in [-0.3, -0.25) is 4.79 Å². The lowest BCUT2D eigenvalue weighted by molar-refractivity contribution is -0.127. The molecule has 0 radical (unpaired) electrons. The van der Waals surface area contributed by atoms with Gasteiger partial charge < -0.3 is 19.6 Å². The van der Waals surface area contributed by atoms with Gasteiger partial charge in [-0.1, -0.05) is 17.0 Å². The Hall–Kier alpha value is -3.29. The summed E-state index contributed by atoms with van der Waals surface area (Å²) >= 11 is 0. The van der Waals surface area contributed by atoms with Crippen LogP contribution in [-0.2, 0) is 4.79 Å². The number of benzene rings is 2. The minimum absolute atomic E-state index is 0.309. The van der Waals surface area contributed by atoms with Gasteiger partial charge in [0.25, 0.3) is 5.91 Å². The van der Waals surface area contributed by atoms with E-state index in [4.69, 9.17) is 14.3 Å². The monoisotopic (exact) mass is 340 g/mol. The Morgan fingerprint density at radius 1 is 1.20 bits per heavy atom. The lowest BCUT2D eigenvalue weighted by Gasteiger charge is -2.19. The number of hydrogen-bond donors (Lipinski definition) is 1. The van der Waals surface area contributed by atoms with E-state index in [0.29, 0.717) is 41.4 Å². The molecule has 2 heterocycles. The number of amides is 1. The molecule has 0 bridgehead atoms. The van der Waals surface area contributed by atoms with Gasteiger partial charge in [-0.2, -0.15) is 0 Å². The summed E-state index contributed by atoms with van der Waals surface area (Å²) in [5, 5.41) is 10.7. The van der Waals surface area contributed by atoms with Crippen LogP contribution in [-0.4, -0.2) is 40.4 Å². The quantitative estimate of drug-likeness (QED) is 0.777. The van der Waals surface area contributed by atoms with Crippen LogP contribution in [0.25, 0.3) is 11.0 Å². The summed E-state index contributed by atoms with van der Waals surface area (Å²) in [6.45, 7) is 2.66. The van der Waals surface area contributed by atoms with Gasteiger partial charge in [-0.05, 0) is 36.4 Å². The third-order valence-corrected chi connectivity index (χ3v) is 3.76. The molecular weight excluding hydrogens is 324 g/mol. The number of aromatic nitrogens is 3. The summed E-state index contributed by atoms with van der Waals surface area (Å²) in [6.07, 6.45) is -0.765. The number of carbonyl (C=O) groups excluding carboxylic acids is 1. The molecule has 0 saturated heterocycles. The highest BCUT2D eigenvalue weighted by atomic mass is 16.7. The topological polar surface area (TPSA) is 87.5 Å². The van der Waals surface area contributed by atoms with Crippen molar-refractivity contribution in [2.24, 2.45) is 0 Å². The second-order valence-corrected chi connectivity index (χ2v) is 5.55. The summed E-state index contributed by atoms with van der Waals surface area (Å²) in [5.41, 5.74) is 2.00. The van der Waals surface area contributed by atoms with Crippen molar-refractivity contribution in [3.05, 3.63) is 42.5 Å². The molecule has 3 aromatic rings. The highest BCUT2D eigenvalue weighted by molar-refractivity contribution is 5.94. The Morgan fingerprint density at radius 3 is 2.88 bits per heavy atom. The van der Waals surface area contributed by atoms with Gasteiger partial charge in [0.1, 0.15) is 24.2 Å². The van der Waals surface area contributed by atoms with Gasteiger partial charge in [0.05, 0.1) is 0 Å². The van der Waals surface area contributed by atoms with Crippen molar-refractivity contribution in [1.82, 2.24) is 15.2 Å². The minimum atomic E-state index is -0.765. The van der Waals surface area contributed by atoms with E-state index >= 15 is 0 Å². The predicted molar refractivity (Wildman–Crippen MR) is 89.6 cm³/mol. The zero-order valence-electron chi connectivity index (χ0n) is 13.5. The molecule has 0 unspecified atom stereocenters. The molecule has 2 aromatic carbocycles. The number of carbonyl (C=O) groups is 1. The first-order valence-corrected chi connectivity index (χ1v) is 7.89. The molecule has 1 aromatic heterocycles. The van der Waals surface area contributed by atoms with Crippen molar-refractivity contribution >= 4 is 22.6 Å². The summed E-state index contributed by atoms with van der Waals surface area (Å²) in [7, 11) is 0. The zero-order valence-corrected chi connectivity index (χ0v) is 13.5. The van der Waals surface area contributed by atoms with Crippen molar-refractivity contribution in [2.45, 2.75) is 13.0 Å². The molecule has 1 N–H and O–H groups in total. The van der Waals surface area contributed by atoms with E-state index in [0.717, 1.165) is 0 Å². The van der Waals surface area contributed by atoms with Crippen LogP contribution < -0.4 is 19.6 Å². The number of ether oxygens (including phenoxy) is 2. The summed E-state index contributed by atoms with van der Waals surface area (Å²) < 4.78 is 11.0. The molecule has 1 atom stereocenters. The van der Waals surface area contributed by atoms with E-state index in [2.05, 4.69) is 15.6 Å². The molecule has 0 aliphatic carbocycles. The summed E-state index contributed by atoms with van der Waals surface area (Å²) in [4.78, 5) is 19.2. The van der Waals surface area contributed by atoms with Gasteiger partial charge in [-0.15, -0.1) is 5.10 Å². The first-order chi connectivity index (χ1) is 12.2. The van der Waals surface area contributed by atoms with Crippen LogP contribution in [0, 0.1) is 0 Å². The molecule has 1 aliphatic heterocycles. The van der Waals surface area contributed by atoms with E-state index in [1.807, 2.05) is 24.3 Å². The maximum atomic E-state index is 12.4. The van der Waals surface area contributed by atoms with E-state index in [-0.39, 0.29) is 5.91 Å². The SMILES string of the molecule is C[C@@H](On1nnc2ccccc21)C(=O)Nc1ccc2c(c1)OCCO2. The number of anilines is 1. The number of nitrogens with zero attached hydrogens (tertiary/aromatic N) is 3. The van der Waals surface area contributed by atoms with Gasteiger partial charge in [0.15, 0.2) is 11.5 Å². The Labute approximate surface area is 143 Å². The fourth-order valence-electron chi connectivity index (χ4n) is 2.49. The Kier molecular flexibility index (Phi) is 3.85. The normalized spacial score (nSPS) is 14.1. The van der Waals surface area contributed by atoms with Crippen LogP contribution in [0.3, 0.4) is 0 Å². The Morgan fingerprint density at radius 2 is 2.00 bits per heavy atom. The molecule has 0 saturated carbocycles.